The van der Waals surface area contributed by atoms with Gasteiger partial charge in [0.15, 0.2) is 6.10 Å². The van der Waals surface area contributed by atoms with Crippen molar-refractivity contribution in [1.29, 1.82) is 0 Å². The molecule has 0 fully saturated rings. The van der Waals surface area contributed by atoms with Gasteiger partial charge >= 0.3 is 0 Å². The highest BCUT2D eigenvalue weighted by molar-refractivity contribution is 5.78. The van der Waals surface area contributed by atoms with E-state index in [1.165, 1.54) is 5.56 Å². The zero-order valence-electron chi connectivity index (χ0n) is 10.9. The molecule has 0 radical (unpaired) electrons. The van der Waals surface area contributed by atoms with Crippen LogP contribution >= 0.6 is 0 Å². The van der Waals surface area contributed by atoms with Crippen LogP contribution in [0, 0.1) is 13.8 Å². The van der Waals surface area contributed by atoms with Crippen LogP contribution in [0.15, 0.2) is 47.0 Å². The predicted molar refractivity (Wildman–Crippen MR) is 74.0 cm³/mol. The Kier molecular flexibility index (Phi) is 2.84. The molecular formula is C16H15NO2. The van der Waals surface area contributed by atoms with Crippen LogP contribution in [-0.4, -0.2) is 10.1 Å². The molecule has 1 atom stereocenters. The van der Waals surface area contributed by atoms with Gasteiger partial charge in [-0.15, -0.1) is 0 Å². The Balaban J connectivity index is 2.04. The second-order valence-corrected chi connectivity index (χ2v) is 4.85. The molecule has 2 aromatic heterocycles. The Hall–Kier alpha value is -2.13. The van der Waals surface area contributed by atoms with E-state index in [-0.39, 0.29) is 0 Å². The van der Waals surface area contributed by atoms with E-state index in [1.807, 2.05) is 50.2 Å². The van der Waals surface area contributed by atoms with E-state index < -0.39 is 6.10 Å². The summed E-state index contributed by atoms with van der Waals surface area (Å²) in [5.41, 5.74) is 3.63. The average Bonchev–Trinajstić information content (AvgIpc) is 2.80. The van der Waals surface area contributed by atoms with Crippen LogP contribution < -0.4 is 0 Å². The topological polar surface area (TPSA) is 46.3 Å². The normalized spacial score (nSPS) is 12.8. The lowest BCUT2D eigenvalue weighted by molar-refractivity contribution is 0.187. The Morgan fingerprint density at radius 3 is 2.63 bits per heavy atom. The molecule has 0 spiro atoms. The van der Waals surface area contributed by atoms with Crippen molar-refractivity contribution in [2.24, 2.45) is 0 Å². The minimum Gasteiger partial charge on any atom is -0.458 e. The predicted octanol–water partition coefficient (Wildman–Crippen LogP) is 3.53. The molecule has 0 amide bonds. The third kappa shape index (κ3) is 2.25. The summed E-state index contributed by atoms with van der Waals surface area (Å²) in [6.45, 7) is 4.00. The Bertz CT molecular complexity index is 730. The lowest BCUT2D eigenvalue weighted by Crippen LogP contribution is -2.00. The van der Waals surface area contributed by atoms with E-state index >= 15 is 0 Å². The van der Waals surface area contributed by atoms with E-state index in [9.17, 15) is 5.11 Å². The number of hydrogen-bond donors (Lipinski definition) is 1. The lowest BCUT2D eigenvalue weighted by Gasteiger charge is -2.07. The molecule has 3 rings (SSSR count). The van der Waals surface area contributed by atoms with Gasteiger partial charge in [-0.3, -0.25) is 4.98 Å². The fourth-order valence-electron chi connectivity index (χ4n) is 2.17. The molecule has 96 valence electrons. The molecule has 1 unspecified atom stereocenters. The molecule has 0 saturated carbocycles. The molecule has 0 saturated heterocycles. The summed E-state index contributed by atoms with van der Waals surface area (Å²) >= 11 is 0. The number of aromatic nitrogens is 1. The van der Waals surface area contributed by atoms with Crippen LogP contribution in [0.3, 0.4) is 0 Å². The largest absolute Gasteiger partial charge is 0.458 e. The number of hydrogen-bond acceptors (Lipinski definition) is 3. The third-order valence-electron chi connectivity index (χ3n) is 3.18. The first kappa shape index (κ1) is 11.9. The highest BCUT2D eigenvalue weighted by Crippen LogP contribution is 2.28. The van der Waals surface area contributed by atoms with Gasteiger partial charge in [-0.1, -0.05) is 11.6 Å². The van der Waals surface area contributed by atoms with E-state index in [4.69, 9.17) is 4.42 Å². The standard InChI is InChI=1S/C16H15NO2/c1-10-3-4-14-12(7-10)9-15(19-14)16(18)13-8-11(2)5-6-17-13/h3-9,16,18H,1-2H3. The fourth-order valence-corrected chi connectivity index (χ4v) is 2.17. The number of nitrogens with zero attached hydrogens (tertiary/aromatic N) is 1. The molecule has 3 heteroatoms. The maximum absolute atomic E-state index is 10.3. The Labute approximate surface area is 111 Å². The second kappa shape index (κ2) is 4.52. The van der Waals surface area contributed by atoms with E-state index in [0.29, 0.717) is 11.5 Å². The van der Waals surface area contributed by atoms with Crippen LogP contribution in [0.4, 0.5) is 0 Å². The molecular weight excluding hydrogens is 238 g/mol. The van der Waals surface area contributed by atoms with Gasteiger partial charge in [0.05, 0.1) is 5.69 Å². The first-order chi connectivity index (χ1) is 9.13. The molecule has 1 aromatic carbocycles. The smallest absolute Gasteiger partial charge is 0.153 e. The molecule has 0 bridgehead atoms. The fraction of sp³-hybridized carbons (Fsp3) is 0.188. The van der Waals surface area contributed by atoms with Gasteiger partial charge < -0.3 is 9.52 Å². The summed E-state index contributed by atoms with van der Waals surface area (Å²) in [6, 6.07) is 11.6. The van der Waals surface area contributed by atoms with Gasteiger partial charge in [0.1, 0.15) is 11.3 Å². The van der Waals surface area contributed by atoms with Crippen LogP contribution in [-0.2, 0) is 0 Å². The zero-order valence-corrected chi connectivity index (χ0v) is 10.9. The third-order valence-corrected chi connectivity index (χ3v) is 3.18. The summed E-state index contributed by atoms with van der Waals surface area (Å²) in [5.74, 6) is 0.527. The van der Waals surface area contributed by atoms with E-state index in [0.717, 1.165) is 16.5 Å². The van der Waals surface area contributed by atoms with E-state index in [1.54, 1.807) is 6.20 Å². The van der Waals surface area contributed by atoms with Crippen molar-refractivity contribution in [3.8, 4) is 0 Å². The van der Waals surface area contributed by atoms with Gasteiger partial charge in [0.25, 0.3) is 0 Å². The van der Waals surface area contributed by atoms with E-state index in [2.05, 4.69) is 4.98 Å². The molecule has 3 aromatic rings. The number of aryl methyl sites for hydroxylation is 2. The Morgan fingerprint density at radius 1 is 1.05 bits per heavy atom. The summed E-state index contributed by atoms with van der Waals surface area (Å²) in [6.07, 6.45) is 0.869. The van der Waals surface area contributed by atoms with Gasteiger partial charge in [-0.05, 0) is 49.7 Å². The quantitative estimate of drug-likeness (QED) is 0.760. The van der Waals surface area contributed by atoms with Gasteiger partial charge in [-0.2, -0.15) is 0 Å². The van der Waals surface area contributed by atoms with Crippen molar-refractivity contribution in [1.82, 2.24) is 4.98 Å². The molecule has 0 aliphatic carbocycles. The maximum Gasteiger partial charge on any atom is 0.153 e. The van der Waals surface area contributed by atoms with Crippen molar-refractivity contribution >= 4 is 11.0 Å². The number of furan rings is 1. The van der Waals surface area contributed by atoms with Crippen molar-refractivity contribution in [3.63, 3.8) is 0 Å². The first-order valence-electron chi connectivity index (χ1n) is 6.24. The molecule has 0 aliphatic heterocycles. The number of aliphatic hydroxyl groups excluding tert-OH is 1. The molecule has 19 heavy (non-hydrogen) atoms. The van der Waals surface area contributed by atoms with Crippen LogP contribution in [0.5, 0.6) is 0 Å². The summed E-state index contributed by atoms with van der Waals surface area (Å²) in [4.78, 5) is 4.19. The van der Waals surface area contributed by atoms with Crippen molar-refractivity contribution in [3.05, 3.63) is 65.2 Å². The number of aliphatic hydroxyl groups is 1. The Morgan fingerprint density at radius 2 is 1.84 bits per heavy atom. The van der Waals surface area contributed by atoms with Gasteiger partial charge in [0, 0.05) is 11.6 Å². The van der Waals surface area contributed by atoms with Crippen molar-refractivity contribution < 1.29 is 9.52 Å². The molecule has 1 N–H and O–H groups in total. The zero-order chi connectivity index (χ0) is 13.4. The first-order valence-corrected chi connectivity index (χ1v) is 6.24. The monoisotopic (exact) mass is 253 g/mol. The molecule has 3 nitrogen and oxygen atoms in total. The number of rotatable bonds is 2. The van der Waals surface area contributed by atoms with Crippen LogP contribution in [0.1, 0.15) is 28.7 Å². The average molecular weight is 253 g/mol. The summed E-state index contributed by atoms with van der Waals surface area (Å²) in [5, 5.41) is 11.3. The van der Waals surface area contributed by atoms with Gasteiger partial charge in [-0.25, -0.2) is 0 Å². The SMILES string of the molecule is Cc1ccnc(C(O)c2cc3cc(C)ccc3o2)c1. The lowest BCUT2D eigenvalue weighted by atomic mass is 10.1. The summed E-state index contributed by atoms with van der Waals surface area (Å²) in [7, 11) is 0. The second-order valence-electron chi connectivity index (χ2n) is 4.85. The van der Waals surface area contributed by atoms with Gasteiger partial charge in [0.2, 0.25) is 0 Å². The number of benzene rings is 1. The van der Waals surface area contributed by atoms with Crippen LogP contribution in [0.25, 0.3) is 11.0 Å². The number of pyridine rings is 1. The number of fused-ring (bicyclic) bond motifs is 1. The minimum atomic E-state index is -0.826. The minimum absolute atomic E-state index is 0.527. The van der Waals surface area contributed by atoms with Crippen LogP contribution in [0.2, 0.25) is 0 Å². The summed E-state index contributed by atoms with van der Waals surface area (Å²) < 4.78 is 5.69. The maximum atomic E-state index is 10.3. The highest BCUT2D eigenvalue weighted by atomic mass is 16.4. The van der Waals surface area contributed by atoms with Crippen molar-refractivity contribution in [2.45, 2.75) is 20.0 Å². The molecule has 0 aliphatic rings. The molecule has 2 heterocycles. The van der Waals surface area contributed by atoms with Crippen molar-refractivity contribution in [2.75, 3.05) is 0 Å². The highest BCUT2D eigenvalue weighted by Gasteiger charge is 2.16.